The maximum Gasteiger partial charge on any atom is 0.265 e. The Morgan fingerprint density at radius 1 is 1.62 bits per heavy atom. The fraction of sp³-hybridized carbons (Fsp3) is 0.300. The average Bonchev–Trinajstić information content (AvgIpc) is 2.16. The minimum Gasteiger partial charge on any atom is -0.260 e. The second-order valence-electron chi connectivity index (χ2n) is 3.21. The van der Waals surface area contributed by atoms with Crippen molar-refractivity contribution in [1.82, 2.24) is 4.98 Å². The Hall–Kier alpha value is -0.720. The molecule has 0 saturated carbocycles. The molecule has 88 valence electrons. The van der Waals surface area contributed by atoms with Crippen LogP contribution in [-0.4, -0.2) is 19.7 Å². The van der Waals surface area contributed by atoms with Gasteiger partial charge in [-0.05, 0) is 34.5 Å². The van der Waals surface area contributed by atoms with E-state index in [1.807, 2.05) is 0 Å². The van der Waals surface area contributed by atoms with Crippen molar-refractivity contribution in [1.29, 1.82) is 0 Å². The number of rotatable bonds is 5. The molecule has 4 nitrogen and oxygen atoms in total. The summed E-state index contributed by atoms with van der Waals surface area (Å²) in [6.07, 6.45) is 3.99. The summed E-state index contributed by atoms with van der Waals surface area (Å²) < 4.78 is 27.9. The van der Waals surface area contributed by atoms with Gasteiger partial charge in [0.2, 0.25) is 0 Å². The van der Waals surface area contributed by atoms with Gasteiger partial charge >= 0.3 is 0 Å². The van der Waals surface area contributed by atoms with E-state index in [1.165, 1.54) is 0 Å². The molecule has 0 aliphatic rings. The van der Waals surface area contributed by atoms with Gasteiger partial charge in [-0.3, -0.25) is 9.17 Å². The van der Waals surface area contributed by atoms with Crippen LogP contribution in [0.3, 0.4) is 0 Å². The van der Waals surface area contributed by atoms with Crippen molar-refractivity contribution in [2.24, 2.45) is 0 Å². The summed E-state index contributed by atoms with van der Waals surface area (Å²) in [4.78, 5) is 4.10. The fourth-order valence-electron chi connectivity index (χ4n) is 1.15. The average molecular weight is 306 g/mol. The van der Waals surface area contributed by atoms with Crippen molar-refractivity contribution in [2.75, 3.05) is 6.26 Å². The van der Waals surface area contributed by atoms with Crippen LogP contribution in [0.25, 0.3) is 0 Å². The molecule has 1 aromatic heterocycles. The van der Waals surface area contributed by atoms with Crippen molar-refractivity contribution in [3.63, 3.8) is 0 Å². The highest BCUT2D eigenvalue weighted by atomic mass is 79.9. The molecule has 1 unspecified atom stereocenters. The molecule has 0 spiro atoms. The summed E-state index contributed by atoms with van der Waals surface area (Å²) >= 11 is 3.25. The molecule has 0 aliphatic heterocycles. The van der Waals surface area contributed by atoms with Gasteiger partial charge in [0.15, 0.2) is 0 Å². The van der Waals surface area contributed by atoms with Gasteiger partial charge in [0, 0.05) is 10.7 Å². The van der Waals surface area contributed by atoms with Crippen LogP contribution < -0.4 is 0 Å². The zero-order chi connectivity index (χ0) is 12.2. The third-order valence-corrected chi connectivity index (χ3v) is 2.80. The summed E-state index contributed by atoms with van der Waals surface area (Å²) in [6.45, 7) is 3.56. The van der Waals surface area contributed by atoms with Crippen LogP contribution >= 0.6 is 15.9 Å². The van der Waals surface area contributed by atoms with E-state index in [1.54, 1.807) is 24.4 Å². The summed E-state index contributed by atoms with van der Waals surface area (Å²) in [5, 5.41) is 0. The Balaban J connectivity index is 2.93. The van der Waals surface area contributed by atoms with Crippen molar-refractivity contribution in [2.45, 2.75) is 12.5 Å². The molecular formula is C10H12BrNO3S. The molecule has 0 N–H and O–H groups in total. The third-order valence-electron chi connectivity index (χ3n) is 1.75. The SMILES string of the molecule is C=CCC(OS(C)(=O)=O)c1ccc(Br)cn1. The lowest BCUT2D eigenvalue weighted by Crippen LogP contribution is -2.11. The predicted octanol–water partition coefficient (Wildman–Crippen LogP) is 2.44. The number of halogens is 1. The first-order valence-corrected chi connectivity index (χ1v) is 7.14. The number of nitrogens with zero attached hydrogens (tertiary/aromatic N) is 1. The molecule has 0 radical (unpaired) electrons. The van der Waals surface area contributed by atoms with Crippen LogP contribution in [0, 0.1) is 0 Å². The molecule has 0 aliphatic carbocycles. The minimum absolute atomic E-state index is 0.391. The molecule has 1 atom stereocenters. The lowest BCUT2D eigenvalue weighted by Gasteiger charge is -2.13. The van der Waals surface area contributed by atoms with Gasteiger partial charge in [-0.15, -0.1) is 6.58 Å². The van der Waals surface area contributed by atoms with Crippen molar-refractivity contribution < 1.29 is 12.6 Å². The fourth-order valence-corrected chi connectivity index (χ4v) is 1.98. The highest BCUT2D eigenvalue weighted by molar-refractivity contribution is 9.10. The smallest absolute Gasteiger partial charge is 0.260 e. The van der Waals surface area contributed by atoms with E-state index in [0.717, 1.165) is 10.7 Å². The molecular weight excluding hydrogens is 294 g/mol. The standard InChI is InChI=1S/C10H12BrNO3S/c1-3-4-10(15-16(2,13)14)9-6-5-8(11)7-12-9/h3,5-7,10H,1,4H2,2H3. The first kappa shape index (κ1) is 13.3. The van der Waals surface area contributed by atoms with Crippen LogP contribution in [0.2, 0.25) is 0 Å². The Morgan fingerprint density at radius 2 is 2.31 bits per heavy atom. The van der Waals surface area contributed by atoms with E-state index in [2.05, 4.69) is 27.5 Å². The molecule has 0 fully saturated rings. The number of hydrogen-bond donors (Lipinski definition) is 0. The van der Waals surface area contributed by atoms with E-state index in [4.69, 9.17) is 4.18 Å². The maximum absolute atomic E-state index is 11.1. The lowest BCUT2D eigenvalue weighted by molar-refractivity contribution is 0.214. The molecule has 0 saturated heterocycles. The molecule has 0 bridgehead atoms. The highest BCUT2D eigenvalue weighted by Crippen LogP contribution is 2.22. The van der Waals surface area contributed by atoms with Gasteiger partial charge < -0.3 is 0 Å². The summed E-state index contributed by atoms with van der Waals surface area (Å²) in [5.74, 6) is 0. The first-order valence-electron chi connectivity index (χ1n) is 4.53. The van der Waals surface area contributed by atoms with Crippen LogP contribution in [0.1, 0.15) is 18.2 Å². The molecule has 1 rings (SSSR count). The lowest BCUT2D eigenvalue weighted by atomic mass is 10.2. The quantitative estimate of drug-likeness (QED) is 0.619. The molecule has 0 amide bonds. The molecule has 6 heteroatoms. The second kappa shape index (κ2) is 5.56. The van der Waals surface area contributed by atoms with Crippen molar-refractivity contribution in [3.8, 4) is 0 Å². The Kier molecular flexibility index (Phi) is 4.64. The van der Waals surface area contributed by atoms with Crippen LogP contribution in [-0.2, 0) is 14.3 Å². The summed E-state index contributed by atoms with van der Waals surface area (Å²) in [5.41, 5.74) is 0.563. The molecule has 1 aromatic rings. The Bertz CT molecular complexity index is 455. The Labute approximate surface area is 104 Å². The molecule has 16 heavy (non-hydrogen) atoms. The van der Waals surface area contributed by atoms with Crippen LogP contribution in [0.15, 0.2) is 35.5 Å². The van der Waals surface area contributed by atoms with Crippen LogP contribution in [0.5, 0.6) is 0 Å². The maximum atomic E-state index is 11.1. The van der Waals surface area contributed by atoms with E-state index in [9.17, 15) is 8.42 Å². The van der Waals surface area contributed by atoms with Gasteiger partial charge in [-0.2, -0.15) is 8.42 Å². The van der Waals surface area contributed by atoms with E-state index >= 15 is 0 Å². The van der Waals surface area contributed by atoms with Gasteiger partial charge in [0.1, 0.15) is 6.10 Å². The molecule has 0 aromatic carbocycles. The van der Waals surface area contributed by atoms with Gasteiger partial charge in [0.05, 0.1) is 11.9 Å². The number of hydrogen-bond acceptors (Lipinski definition) is 4. The minimum atomic E-state index is -3.50. The van der Waals surface area contributed by atoms with Crippen molar-refractivity contribution in [3.05, 3.63) is 41.2 Å². The zero-order valence-corrected chi connectivity index (χ0v) is 11.2. The van der Waals surface area contributed by atoms with Gasteiger partial charge in [-0.1, -0.05) is 6.08 Å². The highest BCUT2D eigenvalue weighted by Gasteiger charge is 2.17. The predicted molar refractivity (Wildman–Crippen MR) is 65.4 cm³/mol. The van der Waals surface area contributed by atoms with Crippen molar-refractivity contribution >= 4 is 26.0 Å². The third kappa shape index (κ3) is 4.42. The van der Waals surface area contributed by atoms with E-state index in [0.29, 0.717) is 12.1 Å². The second-order valence-corrected chi connectivity index (χ2v) is 5.73. The zero-order valence-electron chi connectivity index (χ0n) is 8.76. The normalized spacial score (nSPS) is 13.4. The van der Waals surface area contributed by atoms with Crippen LogP contribution in [0.4, 0.5) is 0 Å². The number of aromatic nitrogens is 1. The first-order chi connectivity index (χ1) is 7.42. The number of pyridine rings is 1. The topological polar surface area (TPSA) is 56.3 Å². The Morgan fingerprint density at radius 3 is 2.75 bits per heavy atom. The summed E-state index contributed by atoms with van der Waals surface area (Å²) in [7, 11) is -3.50. The van der Waals surface area contributed by atoms with E-state index in [-0.39, 0.29) is 0 Å². The van der Waals surface area contributed by atoms with Gasteiger partial charge in [0.25, 0.3) is 10.1 Å². The summed E-state index contributed by atoms with van der Waals surface area (Å²) in [6, 6.07) is 3.49. The monoisotopic (exact) mass is 305 g/mol. The van der Waals surface area contributed by atoms with E-state index < -0.39 is 16.2 Å². The molecule has 1 heterocycles. The largest absolute Gasteiger partial charge is 0.265 e. The van der Waals surface area contributed by atoms with Gasteiger partial charge in [-0.25, -0.2) is 0 Å².